The van der Waals surface area contributed by atoms with Gasteiger partial charge < -0.3 is 60.3 Å². The Bertz CT molecular complexity index is 4210. The zero-order valence-corrected chi connectivity index (χ0v) is 55.6. The Hall–Kier alpha value is -9.27. The standard InChI is InChI=1S/C71H83FN12O13/c1-7-71(94)50-34-55-61-48(37-84(55)68(92)49(50)38-97-69(71)93)60-52(17-16-45-39(2)51(72)35-53(77-61)59(45)60)78-66(90)42(5)76-65(89)41(4)75-64(88)40(3)74-56(85)21-30-95-32-33-96-31-22-57(86)82-28-25-70(26-29-82)23-18-43(19-24-70)67(91)73-27-20-58(87)83-36-44-12-8-9-13-46(44)62-63(81(6)80-79-62)47-14-10-11-15-54(47)83/h8-15,34-35,40-43,52,94H,7,16-33,36-38H2,1-6H3,(H,73,91)(H,74,85)(H,75,88)(H,76,89)(H,78,90). The minimum absolute atomic E-state index is 0.0148. The van der Waals surface area contributed by atoms with Crippen LogP contribution in [0.25, 0.3) is 44.8 Å². The number of carbonyl (C=O) groups excluding carboxylic acids is 8. The largest absolute Gasteiger partial charge is 0.458 e. The Kier molecular flexibility index (Phi) is 19.6. The maximum absolute atomic E-state index is 15.5. The second-order valence-electron chi connectivity index (χ2n) is 26.6. The van der Waals surface area contributed by atoms with E-state index in [2.05, 4.69) is 36.9 Å². The molecular formula is C71H83FN12O13. The molecule has 6 aliphatic rings. The molecule has 2 fully saturated rings. The van der Waals surface area contributed by atoms with Gasteiger partial charge in [-0.2, -0.15) is 0 Å². The van der Waals surface area contributed by atoms with Crippen LogP contribution in [0.1, 0.15) is 143 Å². The number of ether oxygens (including phenoxy) is 3. The van der Waals surface area contributed by atoms with Crippen molar-refractivity contribution in [1.29, 1.82) is 0 Å². The van der Waals surface area contributed by atoms with E-state index in [1.807, 2.05) is 60.5 Å². The Morgan fingerprint density at radius 3 is 2.15 bits per heavy atom. The molecule has 5 atom stereocenters. The molecule has 12 rings (SSSR count). The minimum Gasteiger partial charge on any atom is -0.458 e. The Balaban J connectivity index is 0.520. The number of para-hydroxylation sites is 1. The highest BCUT2D eigenvalue weighted by molar-refractivity contribution is 6.01. The molecule has 3 aromatic carbocycles. The summed E-state index contributed by atoms with van der Waals surface area (Å²) >= 11 is 0. The van der Waals surface area contributed by atoms with Crippen molar-refractivity contribution in [2.24, 2.45) is 18.4 Å². The predicted molar refractivity (Wildman–Crippen MR) is 353 cm³/mol. The number of cyclic esters (lactones) is 1. The molecule has 7 heterocycles. The zero-order chi connectivity index (χ0) is 68.6. The lowest BCUT2D eigenvalue weighted by Crippen LogP contribution is -2.54. The molecule has 1 saturated heterocycles. The first-order chi connectivity index (χ1) is 46.6. The first-order valence-electron chi connectivity index (χ1n) is 33.7. The summed E-state index contributed by atoms with van der Waals surface area (Å²) in [7, 11) is 1.85. The number of piperidine rings is 1. The monoisotopic (exact) mass is 1330 g/mol. The Morgan fingerprint density at radius 1 is 0.763 bits per heavy atom. The number of hydrogen-bond acceptors (Lipinski definition) is 16. The molecule has 3 aromatic heterocycles. The second-order valence-corrected chi connectivity index (χ2v) is 26.6. The number of esters is 1. The number of likely N-dealkylation sites (tertiary alicyclic amines) is 1. The second kappa shape index (κ2) is 28.1. The normalized spacial score (nSPS) is 19.1. The number of rotatable bonds is 21. The van der Waals surface area contributed by atoms with Crippen molar-refractivity contribution in [2.45, 2.75) is 161 Å². The number of anilines is 1. The van der Waals surface area contributed by atoms with E-state index in [-0.39, 0.29) is 112 Å². The van der Waals surface area contributed by atoms with Crippen LogP contribution in [0.4, 0.5) is 10.1 Å². The number of aliphatic hydroxyl groups is 1. The van der Waals surface area contributed by atoms with Crippen LogP contribution in [0.15, 0.2) is 65.5 Å². The van der Waals surface area contributed by atoms with Gasteiger partial charge in [0.25, 0.3) is 5.56 Å². The number of carbonyl (C=O) groups is 8. The van der Waals surface area contributed by atoms with E-state index < -0.39 is 70.7 Å². The number of aromatic nitrogens is 5. The number of amides is 7. The summed E-state index contributed by atoms with van der Waals surface area (Å²) in [6.45, 7) is 9.93. The van der Waals surface area contributed by atoms with Gasteiger partial charge in [-0.1, -0.05) is 54.6 Å². The molecule has 4 aliphatic heterocycles. The fourth-order valence-corrected chi connectivity index (χ4v) is 14.9. The first kappa shape index (κ1) is 67.7. The highest BCUT2D eigenvalue weighted by atomic mass is 19.1. The highest BCUT2D eigenvalue weighted by Gasteiger charge is 2.47. The number of hydrogen-bond donors (Lipinski definition) is 6. The molecular weight excluding hydrogens is 1250 g/mol. The van der Waals surface area contributed by atoms with Crippen LogP contribution in [0, 0.1) is 24.1 Å². The van der Waals surface area contributed by atoms with Crippen LogP contribution in [0.2, 0.25) is 0 Å². The molecule has 0 radical (unpaired) electrons. The van der Waals surface area contributed by atoms with Gasteiger partial charge in [-0.15, -0.1) is 5.10 Å². The topological polar surface area (TPSA) is 317 Å². The van der Waals surface area contributed by atoms with Crippen molar-refractivity contribution in [2.75, 3.05) is 51.0 Å². The van der Waals surface area contributed by atoms with Crippen molar-refractivity contribution in [1.82, 2.24) is 56.0 Å². The van der Waals surface area contributed by atoms with Gasteiger partial charge in [-0.25, -0.2) is 18.9 Å². The fraction of sp³-hybridized carbons (Fsp3) is 0.493. The molecule has 0 bridgehead atoms. The summed E-state index contributed by atoms with van der Waals surface area (Å²) in [5, 5.41) is 34.8. The lowest BCUT2D eigenvalue weighted by atomic mass is 9.65. The van der Waals surface area contributed by atoms with Crippen molar-refractivity contribution in [3.63, 3.8) is 0 Å². The van der Waals surface area contributed by atoms with Crippen LogP contribution >= 0.6 is 0 Å². The number of pyridine rings is 2. The van der Waals surface area contributed by atoms with Crippen molar-refractivity contribution >= 4 is 63.9 Å². The van der Waals surface area contributed by atoms with Gasteiger partial charge in [0.05, 0.1) is 85.8 Å². The first-order valence-corrected chi connectivity index (χ1v) is 33.7. The molecule has 97 heavy (non-hydrogen) atoms. The summed E-state index contributed by atoms with van der Waals surface area (Å²) in [5.74, 6) is -3.88. The summed E-state index contributed by atoms with van der Waals surface area (Å²) in [6, 6.07) is 14.7. The number of aryl methyl sites for hydroxylation is 2. The molecule has 6 aromatic rings. The lowest BCUT2D eigenvalue weighted by molar-refractivity contribution is -0.172. The van der Waals surface area contributed by atoms with Crippen LogP contribution in [0.5, 0.6) is 0 Å². The van der Waals surface area contributed by atoms with Gasteiger partial charge in [-0.05, 0) is 125 Å². The molecule has 5 unspecified atom stereocenters. The van der Waals surface area contributed by atoms with Gasteiger partial charge >= 0.3 is 5.97 Å². The number of halogens is 1. The third-order valence-electron chi connectivity index (χ3n) is 20.7. The molecule has 1 spiro atoms. The summed E-state index contributed by atoms with van der Waals surface area (Å²) in [6.07, 6.45) is 6.07. The lowest BCUT2D eigenvalue weighted by Gasteiger charge is -2.45. The molecule has 6 N–H and O–H groups in total. The Labute approximate surface area is 559 Å². The van der Waals surface area contributed by atoms with Crippen molar-refractivity contribution < 1.29 is 62.1 Å². The smallest absolute Gasteiger partial charge is 0.343 e. The van der Waals surface area contributed by atoms with Crippen molar-refractivity contribution in [3.8, 4) is 33.9 Å². The van der Waals surface area contributed by atoms with Gasteiger partial charge in [0.1, 0.15) is 36.2 Å². The SMILES string of the molecule is CCC1(O)C(=O)OCc2c1cc1n(c2=O)Cc2c-1nc1cc(F)c(C)c3c1c2C(NC(=O)C(C)NC(=O)C(C)NC(=O)C(C)NC(=O)CCOCCOCCC(=O)N1CCC2(CCC(C(=O)NCCC(=O)N4Cc5ccccc5-c5nnn(C)c5-c5ccccc54)CC2)CC1)CC3. The number of nitrogens with zero attached hydrogens (tertiary/aromatic N) is 7. The number of nitrogens with one attached hydrogen (secondary N) is 5. The average molecular weight is 1330 g/mol. The molecule has 25 nitrogen and oxygen atoms in total. The molecule has 1 saturated carbocycles. The molecule has 26 heteroatoms. The Morgan fingerprint density at radius 2 is 1.43 bits per heavy atom. The van der Waals surface area contributed by atoms with E-state index in [9.17, 15) is 48.3 Å². The predicted octanol–water partition coefficient (Wildman–Crippen LogP) is 5.27. The number of fused-ring (bicyclic) bond motifs is 10. The minimum atomic E-state index is -2.06. The average Bonchev–Trinajstić information content (AvgIpc) is 1.61. The van der Waals surface area contributed by atoms with Gasteiger partial charge in [0.15, 0.2) is 5.60 Å². The summed E-state index contributed by atoms with van der Waals surface area (Å²) in [4.78, 5) is 129. The van der Waals surface area contributed by atoms with Crippen LogP contribution in [-0.4, -0.2) is 146 Å². The van der Waals surface area contributed by atoms with Crippen LogP contribution < -0.4 is 37.0 Å². The van der Waals surface area contributed by atoms with E-state index in [0.29, 0.717) is 71.5 Å². The third-order valence-corrected chi connectivity index (χ3v) is 20.7. The fourth-order valence-electron chi connectivity index (χ4n) is 14.9. The van der Waals surface area contributed by atoms with E-state index >= 15 is 4.39 Å². The zero-order valence-electron chi connectivity index (χ0n) is 55.6. The molecule has 7 amide bonds. The van der Waals surface area contributed by atoms with E-state index in [0.717, 1.165) is 77.9 Å². The maximum atomic E-state index is 15.5. The van der Waals surface area contributed by atoms with Crippen LogP contribution in [0.3, 0.4) is 0 Å². The van der Waals surface area contributed by atoms with Gasteiger partial charge in [0.2, 0.25) is 41.4 Å². The molecule has 2 aliphatic carbocycles. The quantitative estimate of drug-likeness (QED) is 0.0394. The van der Waals surface area contributed by atoms with E-state index in [4.69, 9.17) is 19.2 Å². The van der Waals surface area contributed by atoms with Crippen molar-refractivity contribution in [3.05, 3.63) is 116 Å². The van der Waals surface area contributed by atoms with Crippen LogP contribution in [-0.2, 0) is 91.3 Å². The van der Waals surface area contributed by atoms with E-state index in [1.54, 1.807) is 29.5 Å². The number of benzene rings is 3. The summed E-state index contributed by atoms with van der Waals surface area (Å²) < 4.78 is 35.2. The summed E-state index contributed by atoms with van der Waals surface area (Å²) in [5.41, 5.74) is 6.36. The third kappa shape index (κ3) is 13.4. The van der Waals surface area contributed by atoms with Gasteiger partial charge in [-0.3, -0.25) is 38.4 Å². The maximum Gasteiger partial charge on any atom is 0.343 e. The van der Waals surface area contributed by atoms with Gasteiger partial charge in [0, 0.05) is 79.1 Å². The molecule has 512 valence electrons. The highest BCUT2D eigenvalue weighted by Crippen LogP contribution is 2.49. The van der Waals surface area contributed by atoms with E-state index in [1.165, 1.54) is 31.4 Å².